The van der Waals surface area contributed by atoms with E-state index in [1.54, 1.807) is 0 Å². The Morgan fingerprint density at radius 1 is 1.16 bits per heavy atom. The Balaban J connectivity index is 1.51. The van der Waals surface area contributed by atoms with E-state index < -0.39 is 0 Å². The van der Waals surface area contributed by atoms with Gasteiger partial charge in [0.25, 0.3) is 0 Å². The molecule has 2 aliphatic carbocycles. The first kappa shape index (κ1) is 13.4. The first-order valence-corrected chi connectivity index (χ1v) is 8.00. The number of nitrogens with two attached hydrogens (primary N) is 1. The smallest absolute Gasteiger partial charge is 0.235 e. The Morgan fingerprint density at radius 3 is 2.58 bits per heavy atom. The molecule has 3 atom stereocenters. The summed E-state index contributed by atoms with van der Waals surface area (Å²) in [5.41, 5.74) is 5.53. The highest BCUT2D eigenvalue weighted by Gasteiger charge is 2.34. The fraction of sp³-hybridized carbons (Fsp3) is 0.933. The van der Waals surface area contributed by atoms with Gasteiger partial charge in [-0.25, -0.2) is 0 Å². The number of nitrogens with one attached hydrogen (secondary N) is 1. The number of rotatable bonds is 5. The van der Waals surface area contributed by atoms with Crippen molar-refractivity contribution < 1.29 is 4.79 Å². The van der Waals surface area contributed by atoms with Crippen LogP contribution in [0.4, 0.5) is 0 Å². The summed E-state index contributed by atoms with van der Waals surface area (Å²) < 4.78 is 0. The molecule has 3 N–H and O–H groups in total. The highest BCUT2D eigenvalue weighted by Crippen LogP contribution is 2.36. The number of carbonyl (C=O) groups is 1. The summed E-state index contributed by atoms with van der Waals surface area (Å²) in [6.07, 6.45) is 9.36. The zero-order chi connectivity index (χ0) is 13.2. The van der Waals surface area contributed by atoms with Gasteiger partial charge in [-0.2, -0.15) is 0 Å². The predicted molar refractivity (Wildman–Crippen MR) is 75.6 cm³/mol. The Morgan fingerprint density at radius 2 is 1.89 bits per heavy atom. The molecule has 1 amide bonds. The van der Waals surface area contributed by atoms with E-state index in [1.165, 1.54) is 51.5 Å². The van der Waals surface area contributed by atoms with E-state index in [1.807, 2.05) is 0 Å². The predicted octanol–water partition coefficient (Wildman–Crippen LogP) is 1.10. The quantitative estimate of drug-likeness (QED) is 0.783. The number of hydrogen-bond acceptors (Lipinski definition) is 3. The van der Waals surface area contributed by atoms with Crippen LogP contribution in [0, 0.1) is 11.8 Å². The first-order chi connectivity index (χ1) is 9.22. The average molecular weight is 265 g/mol. The van der Waals surface area contributed by atoms with Crippen LogP contribution < -0.4 is 11.1 Å². The fourth-order valence-corrected chi connectivity index (χ4v) is 3.86. The van der Waals surface area contributed by atoms with Gasteiger partial charge in [-0.05, 0) is 44.1 Å². The molecule has 4 nitrogen and oxygen atoms in total. The molecular weight excluding hydrogens is 238 g/mol. The highest BCUT2D eigenvalue weighted by molar-refractivity contribution is 5.80. The number of amides is 1. The second-order valence-corrected chi connectivity index (χ2v) is 6.75. The minimum atomic E-state index is -0.183. The van der Waals surface area contributed by atoms with Gasteiger partial charge in [0.05, 0.1) is 6.04 Å². The van der Waals surface area contributed by atoms with E-state index in [0.29, 0.717) is 6.04 Å². The molecule has 0 aromatic rings. The molecule has 2 saturated carbocycles. The summed E-state index contributed by atoms with van der Waals surface area (Å²) in [4.78, 5) is 14.0. The molecule has 3 aliphatic rings. The maximum absolute atomic E-state index is 11.6. The van der Waals surface area contributed by atoms with Gasteiger partial charge in [-0.3, -0.25) is 4.79 Å². The van der Waals surface area contributed by atoms with Crippen LogP contribution in [-0.4, -0.2) is 42.5 Å². The molecule has 3 unspecified atom stereocenters. The molecule has 0 spiro atoms. The summed E-state index contributed by atoms with van der Waals surface area (Å²) >= 11 is 0. The van der Waals surface area contributed by atoms with Crippen molar-refractivity contribution in [3.63, 3.8) is 0 Å². The van der Waals surface area contributed by atoms with E-state index in [9.17, 15) is 4.79 Å². The molecule has 0 radical (unpaired) electrons. The van der Waals surface area contributed by atoms with E-state index >= 15 is 0 Å². The van der Waals surface area contributed by atoms with Gasteiger partial charge in [0, 0.05) is 19.1 Å². The number of primary amides is 1. The van der Waals surface area contributed by atoms with Crippen molar-refractivity contribution >= 4 is 5.91 Å². The number of nitrogens with zero attached hydrogens (tertiary/aromatic N) is 1. The average Bonchev–Trinajstić information content (AvgIpc) is 3.22. The SMILES string of the molecule is NC(=O)C(CN1CCC2CCCCC2C1)NC1CC1. The first-order valence-electron chi connectivity index (χ1n) is 8.00. The standard InChI is InChI=1S/C15H27N3O/c16-15(19)14(17-13-5-6-13)10-18-8-7-11-3-1-2-4-12(11)9-18/h11-14,17H,1-10H2,(H2,16,19). The van der Waals surface area contributed by atoms with E-state index in [0.717, 1.165) is 24.9 Å². The summed E-state index contributed by atoms with van der Waals surface area (Å²) in [5.74, 6) is 1.64. The summed E-state index contributed by atoms with van der Waals surface area (Å²) in [7, 11) is 0. The van der Waals surface area contributed by atoms with Crippen molar-refractivity contribution in [3.05, 3.63) is 0 Å². The molecule has 19 heavy (non-hydrogen) atoms. The van der Waals surface area contributed by atoms with Crippen molar-refractivity contribution in [2.24, 2.45) is 17.6 Å². The summed E-state index contributed by atoms with van der Waals surface area (Å²) in [6.45, 7) is 3.15. The Labute approximate surface area is 116 Å². The number of likely N-dealkylation sites (tertiary alicyclic amines) is 1. The highest BCUT2D eigenvalue weighted by atomic mass is 16.1. The van der Waals surface area contributed by atoms with Gasteiger partial charge in [-0.1, -0.05) is 19.3 Å². The van der Waals surface area contributed by atoms with Gasteiger partial charge in [-0.15, -0.1) is 0 Å². The molecule has 108 valence electrons. The lowest BCUT2D eigenvalue weighted by Gasteiger charge is -2.42. The van der Waals surface area contributed by atoms with Crippen LogP contribution in [0.2, 0.25) is 0 Å². The maximum atomic E-state index is 11.6. The lowest BCUT2D eigenvalue weighted by Crippen LogP contribution is -2.53. The minimum Gasteiger partial charge on any atom is -0.368 e. The Hall–Kier alpha value is -0.610. The van der Waals surface area contributed by atoms with Crippen molar-refractivity contribution in [1.29, 1.82) is 0 Å². The third-order valence-electron chi connectivity index (χ3n) is 5.17. The van der Waals surface area contributed by atoms with Crippen LogP contribution in [0.15, 0.2) is 0 Å². The number of piperidine rings is 1. The van der Waals surface area contributed by atoms with Crippen molar-refractivity contribution in [2.75, 3.05) is 19.6 Å². The maximum Gasteiger partial charge on any atom is 0.235 e. The van der Waals surface area contributed by atoms with Gasteiger partial charge in [0.1, 0.15) is 0 Å². The van der Waals surface area contributed by atoms with Crippen LogP contribution >= 0.6 is 0 Å². The minimum absolute atomic E-state index is 0.146. The number of carbonyl (C=O) groups excluding carboxylic acids is 1. The number of hydrogen-bond donors (Lipinski definition) is 2. The second-order valence-electron chi connectivity index (χ2n) is 6.75. The van der Waals surface area contributed by atoms with Crippen molar-refractivity contribution in [2.45, 2.75) is 57.0 Å². The summed E-state index contributed by atoms with van der Waals surface area (Å²) in [6, 6.07) is 0.400. The van der Waals surface area contributed by atoms with Crippen LogP contribution in [-0.2, 0) is 4.79 Å². The lowest BCUT2D eigenvalue weighted by atomic mass is 9.75. The Kier molecular flexibility index (Phi) is 4.08. The molecule has 1 saturated heterocycles. The molecule has 0 aromatic heterocycles. The molecule has 3 fully saturated rings. The monoisotopic (exact) mass is 265 g/mol. The lowest BCUT2D eigenvalue weighted by molar-refractivity contribution is -0.120. The largest absolute Gasteiger partial charge is 0.368 e. The van der Waals surface area contributed by atoms with Crippen LogP contribution in [0.1, 0.15) is 44.9 Å². The van der Waals surface area contributed by atoms with Gasteiger partial charge in [0.15, 0.2) is 0 Å². The second kappa shape index (κ2) is 5.80. The zero-order valence-corrected chi connectivity index (χ0v) is 11.8. The third-order valence-corrected chi connectivity index (χ3v) is 5.17. The van der Waals surface area contributed by atoms with Crippen LogP contribution in [0.3, 0.4) is 0 Å². The fourth-order valence-electron chi connectivity index (χ4n) is 3.86. The zero-order valence-electron chi connectivity index (χ0n) is 11.8. The van der Waals surface area contributed by atoms with E-state index in [-0.39, 0.29) is 11.9 Å². The molecular formula is C15H27N3O. The topological polar surface area (TPSA) is 58.4 Å². The van der Waals surface area contributed by atoms with Gasteiger partial charge in [0.2, 0.25) is 5.91 Å². The van der Waals surface area contributed by atoms with E-state index in [4.69, 9.17) is 5.73 Å². The van der Waals surface area contributed by atoms with Gasteiger partial charge >= 0.3 is 0 Å². The Bertz CT molecular complexity index is 329. The molecule has 1 heterocycles. The molecule has 4 heteroatoms. The number of fused-ring (bicyclic) bond motifs is 1. The van der Waals surface area contributed by atoms with Crippen molar-refractivity contribution in [3.8, 4) is 0 Å². The van der Waals surface area contributed by atoms with E-state index in [2.05, 4.69) is 10.2 Å². The molecule has 1 aliphatic heterocycles. The van der Waals surface area contributed by atoms with Crippen LogP contribution in [0.5, 0.6) is 0 Å². The summed E-state index contributed by atoms with van der Waals surface area (Å²) in [5, 5.41) is 3.39. The molecule has 0 aromatic carbocycles. The van der Waals surface area contributed by atoms with Gasteiger partial charge < -0.3 is 16.0 Å². The third kappa shape index (κ3) is 3.48. The van der Waals surface area contributed by atoms with Crippen LogP contribution in [0.25, 0.3) is 0 Å². The molecule has 0 bridgehead atoms. The molecule has 3 rings (SSSR count). The normalized spacial score (nSPS) is 33.7. The van der Waals surface area contributed by atoms with Crippen molar-refractivity contribution in [1.82, 2.24) is 10.2 Å².